The zero-order valence-electron chi connectivity index (χ0n) is 12.4. The van der Waals surface area contributed by atoms with Gasteiger partial charge in [-0.05, 0) is 31.5 Å². The molecule has 0 saturated carbocycles. The molecule has 110 valence electrons. The summed E-state index contributed by atoms with van der Waals surface area (Å²) < 4.78 is 2.25. The van der Waals surface area contributed by atoms with Crippen LogP contribution in [0.25, 0.3) is 11.0 Å². The molecule has 2 aromatic rings. The van der Waals surface area contributed by atoms with Crippen LogP contribution in [-0.4, -0.2) is 9.55 Å². The molecule has 0 fully saturated rings. The summed E-state index contributed by atoms with van der Waals surface area (Å²) in [6, 6.07) is 5.82. The third-order valence-corrected chi connectivity index (χ3v) is 3.87. The van der Waals surface area contributed by atoms with Gasteiger partial charge in [-0.2, -0.15) is 0 Å². The largest absolute Gasteiger partial charge is 0.327 e. The monoisotopic (exact) mass is 293 g/mol. The van der Waals surface area contributed by atoms with Gasteiger partial charge in [0.25, 0.3) is 0 Å². The van der Waals surface area contributed by atoms with Crippen LogP contribution >= 0.6 is 11.6 Å². The minimum atomic E-state index is -0.0585. The minimum Gasteiger partial charge on any atom is -0.327 e. The number of hydrogen-bond donors (Lipinski definition) is 1. The van der Waals surface area contributed by atoms with Gasteiger partial charge < -0.3 is 10.3 Å². The fourth-order valence-electron chi connectivity index (χ4n) is 2.58. The van der Waals surface area contributed by atoms with Gasteiger partial charge in [-0.3, -0.25) is 0 Å². The van der Waals surface area contributed by atoms with Crippen LogP contribution in [0.4, 0.5) is 0 Å². The van der Waals surface area contributed by atoms with Crippen LogP contribution in [0.15, 0.2) is 18.2 Å². The molecular formula is C16H24ClN3. The second-order valence-corrected chi connectivity index (χ2v) is 5.89. The van der Waals surface area contributed by atoms with E-state index in [9.17, 15) is 0 Å². The number of benzene rings is 1. The Morgan fingerprint density at radius 2 is 2.00 bits per heavy atom. The van der Waals surface area contributed by atoms with E-state index in [-0.39, 0.29) is 6.04 Å². The minimum absolute atomic E-state index is 0.0585. The smallest absolute Gasteiger partial charge is 0.126 e. The highest BCUT2D eigenvalue weighted by molar-refractivity contribution is 6.31. The molecule has 0 bridgehead atoms. The Morgan fingerprint density at radius 1 is 1.25 bits per heavy atom. The Labute approximate surface area is 126 Å². The molecule has 0 amide bonds. The molecule has 0 spiro atoms. The van der Waals surface area contributed by atoms with Gasteiger partial charge in [-0.25, -0.2) is 4.98 Å². The van der Waals surface area contributed by atoms with E-state index in [1.54, 1.807) is 0 Å². The van der Waals surface area contributed by atoms with E-state index < -0.39 is 0 Å². The Kier molecular flexibility index (Phi) is 5.44. The van der Waals surface area contributed by atoms with E-state index in [0.717, 1.165) is 28.4 Å². The van der Waals surface area contributed by atoms with Crippen molar-refractivity contribution in [1.82, 2.24) is 9.55 Å². The third-order valence-electron chi connectivity index (χ3n) is 3.63. The number of nitrogens with two attached hydrogens (primary N) is 1. The number of nitrogens with zero attached hydrogens (tertiary/aromatic N) is 2. The van der Waals surface area contributed by atoms with E-state index in [4.69, 9.17) is 17.3 Å². The summed E-state index contributed by atoms with van der Waals surface area (Å²) in [5.41, 5.74) is 8.13. The summed E-state index contributed by atoms with van der Waals surface area (Å²) in [5.74, 6) is 0.956. The SMILES string of the molecule is CCCCCCCn1c(C(C)N)nc2cc(Cl)ccc21. The summed E-state index contributed by atoms with van der Waals surface area (Å²) in [5, 5.41) is 0.723. The Balaban J connectivity index is 2.18. The number of aromatic nitrogens is 2. The van der Waals surface area contributed by atoms with Crippen molar-refractivity contribution in [2.24, 2.45) is 5.73 Å². The summed E-state index contributed by atoms with van der Waals surface area (Å²) in [6.45, 7) is 5.20. The first-order valence-corrected chi connectivity index (χ1v) is 7.92. The molecule has 2 rings (SSSR count). The van der Waals surface area contributed by atoms with Crippen molar-refractivity contribution in [3.63, 3.8) is 0 Å². The molecule has 1 unspecified atom stereocenters. The van der Waals surface area contributed by atoms with Gasteiger partial charge in [-0.15, -0.1) is 0 Å². The second kappa shape index (κ2) is 7.09. The predicted molar refractivity (Wildman–Crippen MR) is 86.1 cm³/mol. The van der Waals surface area contributed by atoms with Crippen molar-refractivity contribution in [2.45, 2.75) is 58.5 Å². The Morgan fingerprint density at radius 3 is 2.70 bits per heavy atom. The van der Waals surface area contributed by atoms with Crippen molar-refractivity contribution in [3.05, 3.63) is 29.0 Å². The first kappa shape index (κ1) is 15.3. The van der Waals surface area contributed by atoms with Crippen LogP contribution in [0.5, 0.6) is 0 Å². The molecule has 0 aliphatic carbocycles. The zero-order chi connectivity index (χ0) is 14.5. The van der Waals surface area contributed by atoms with Crippen LogP contribution in [-0.2, 0) is 6.54 Å². The predicted octanol–water partition coefficient (Wildman–Crippen LogP) is 4.68. The number of unbranched alkanes of at least 4 members (excludes halogenated alkanes) is 4. The van der Waals surface area contributed by atoms with Crippen molar-refractivity contribution >= 4 is 22.6 Å². The fraction of sp³-hybridized carbons (Fsp3) is 0.562. The third kappa shape index (κ3) is 3.53. The lowest BCUT2D eigenvalue weighted by Gasteiger charge is -2.11. The molecule has 2 N–H and O–H groups in total. The molecule has 0 aliphatic rings. The van der Waals surface area contributed by atoms with E-state index in [1.807, 2.05) is 25.1 Å². The highest BCUT2D eigenvalue weighted by Crippen LogP contribution is 2.23. The van der Waals surface area contributed by atoms with Crippen molar-refractivity contribution < 1.29 is 0 Å². The van der Waals surface area contributed by atoms with Crippen molar-refractivity contribution in [2.75, 3.05) is 0 Å². The average Bonchev–Trinajstić information content (AvgIpc) is 2.76. The molecule has 0 radical (unpaired) electrons. The summed E-state index contributed by atoms with van der Waals surface area (Å²) in [4.78, 5) is 4.64. The van der Waals surface area contributed by atoms with Gasteiger partial charge >= 0.3 is 0 Å². The lowest BCUT2D eigenvalue weighted by atomic mass is 10.1. The molecule has 1 heterocycles. The number of aryl methyl sites for hydroxylation is 1. The topological polar surface area (TPSA) is 43.8 Å². The number of halogens is 1. The lowest BCUT2D eigenvalue weighted by molar-refractivity contribution is 0.549. The molecule has 0 saturated heterocycles. The highest BCUT2D eigenvalue weighted by Gasteiger charge is 2.13. The van der Waals surface area contributed by atoms with Crippen LogP contribution in [0, 0.1) is 0 Å². The molecule has 1 atom stereocenters. The van der Waals surface area contributed by atoms with Gasteiger partial charge in [0.1, 0.15) is 5.82 Å². The maximum absolute atomic E-state index is 6.05. The van der Waals surface area contributed by atoms with Gasteiger partial charge in [-0.1, -0.05) is 44.2 Å². The van der Waals surface area contributed by atoms with Crippen molar-refractivity contribution in [3.8, 4) is 0 Å². The first-order valence-electron chi connectivity index (χ1n) is 7.54. The Hall–Kier alpha value is -1.06. The summed E-state index contributed by atoms with van der Waals surface area (Å²) >= 11 is 6.04. The van der Waals surface area contributed by atoms with Gasteiger partial charge in [0.15, 0.2) is 0 Å². The van der Waals surface area contributed by atoms with Crippen LogP contribution in [0.1, 0.15) is 57.8 Å². The van der Waals surface area contributed by atoms with E-state index in [1.165, 1.54) is 32.1 Å². The van der Waals surface area contributed by atoms with Gasteiger partial charge in [0.2, 0.25) is 0 Å². The summed E-state index contributed by atoms with van der Waals surface area (Å²) in [7, 11) is 0. The average molecular weight is 294 g/mol. The molecule has 1 aromatic heterocycles. The number of imidazole rings is 1. The number of rotatable bonds is 7. The van der Waals surface area contributed by atoms with Crippen LogP contribution in [0.2, 0.25) is 5.02 Å². The highest BCUT2D eigenvalue weighted by atomic mass is 35.5. The molecule has 4 heteroatoms. The quantitative estimate of drug-likeness (QED) is 0.753. The molecule has 20 heavy (non-hydrogen) atoms. The first-order chi connectivity index (χ1) is 9.63. The molecular weight excluding hydrogens is 270 g/mol. The fourth-order valence-corrected chi connectivity index (χ4v) is 2.74. The molecule has 3 nitrogen and oxygen atoms in total. The van der Waals surface area contributed by atoms with E-state index >= 15 is 0 Å². The maximum Gasteiger partial charge on any atom is 0.126 e. The van der Waals surface area contributed by atoms with E-state index in [0.29, 0.717) is 0 Å². The van der Waals surface area contributed by atoms with E-state index in [2.05, 4.69) is 16.5 Å². The number of hydrogen-bond acceptors (Lipinski definition) is 2. The Bertz CT molecular complexity index is 560. The molecule has 1 aromatic carbocycles. The second-order valence-electron chi connectivity index (χ2n) is 5.46. The van der Waals surface area contributed by atoms with Crippen molar-refractivity contribution in [1.29, 1.82) is 0 Å². The zero-order valence-corrected chi connectivity index (χ0v) is 13.2. The summed E-state index contributed by atoms with van der Waals surface area (Å²) in [6.07, 6.45) is 6.34. The van der Waals surface area contributed by atoms with Gasteiger partial charge in [0, 0.05) is 11.6 Å². The lowest BCUT2D eigenvalue weighted by Crippen LogP contribution is -2.13. The van der Waals surface area contributed by atoms with Gasteiger partial charge in [0.05, 0.1) is 17.1 Å². The normalized spacial score (nSPS) is 13.0. The maximum atomic E-state index is 6.05. The van der Waals surface area contributed by atoms with Crippen LogP contribution in [0.3, 0.4) is 0 Å². The standard InChI is InChI=1S/C16H24ClN3/c1-3-4-5-6-7-10-20-15-9-8-13(17)11-14(15)19-16(20)12(2)18/h8-9,11-12H,3-7,10,18H2,1-2H3. The molecule has 0 aliphatic heterocycles. The number of fused-ring (bicyclic) bond motifs is 1. The van der Waals surface area contributed by atoms with Crippen LogP contribution < -0.4 is 5.73 Å².